The maximum absolute atomic E-state index is 3.70. The molecule has 0 bridgehead atoms. The molecule has 0 amide bonds. The van der Waals surface area contributed by atoms with Crippen molar-refractivity contribution >= 4 is 10.9 Å². The van der Waals surface area contributed by atoms with Crippen LogP contribution in [0.15, 0.2) is 42.5 Å². The van der Waals surface area contributed by atoms with Gasteiger partial charge in [0.2, 0.25) is 0 Å². The van der Waals surface area contributed by atoms with E-state index in [1.807, 2.05) is 0 Å². The lowest BCUT2D eigenvalue weighted by Crippen LogP contribution is -2.30. The van der Waals surface area contributed by atoms with E-state index >= 15 is 0 Å². The summed E-state index contributed by atoms with van der Waals surface area (Å²) in [5.41, 5.74) is 8.28. The Labute approximate surface area is 144 Å². The molecule has 0 spiro atoms. The predicted octanol–water partition coefficient (Wildman–Crippen LogP) is 5.09. The van der Waals surface area contributed by atoms with Crippen LogP contribution in [0.4, 0.5) is 0 Å². The predicted molar refractivity (Wildman–Crippen MR) is 102 cm³/mol. The first-order valence-electron chi connectivity index (χ1n) is 9.14. The fraction of sp³-hybridized carbons (Fsp3) is 0.364. The van der Waals surface area contributed by atoms with Crippen molar-refractivity contribution in [2.24, 2.45) is 0 Å². The molecular weight excluding hydrogens is 292 g/mol. The molecule has 3 aromatic rings. The summed E-state index contributed by atoms with van der Waals surface area (Å²) in [5, 5.41) is 5.11. The zero-order valence-electron chi connectivity index (χ0n) is 14.8. The highest BCUT2D eigenvalue weighted by Crippen LogP contribution is 2.34. The van der Waals surface area contributed by atoms with Crippen molar-refractivity contribution in [2.45, 2.75) is 45.6 Å². The first-order chi connectivity index (χ1) is 11.7. The van der Waals surface area contributed by atoms with Crippen molar-refractivity contribution in [3.8, 4) is 0 Å². The van der Waals surface area contributed by atoms with Gasteiger partial charge in [-0.25, -0.2) is 0 Å². The first kappa shape index (κ1) is 15.5. The summed E-state index contributed by atoms with van der Waals surface area (Å²) in [6.45, 7) is 7.75. The van der Waals surface area contributed by atoms with Gasteiger partial charge >= 0.3 is 0 Å². The minimum absolute atomic E-state index is 0.271. The van der Waals surface area contributed by atoms with Gasteiger partial charge in [0.25, 0.3) is 0 Å². The van der Waals surface area contributed by atoms with E-state index in [-0.39, 0.29) is 6.04 Å². The second-order valence-corrected chi connectivity index (χ2v) is 7.21. The van der Waals surface area contributed by atoms with Crippen molar-refractivity contribution in [1.82, 2.24) is 10.3 Å². The molecule has 2 heteroatoms. The molecule has 0 saturated heterocycles. The second-order valence-electron chi connectivity index (χ2n) is 7.21. The number of benzene rings is 2. The molecule has 0 radical (unpaired) electrons. The van der Waals surface area contributed by atoms with Crippen LogP contribution in [0.1, 0.15) is 60.7 Å². The highest BCUT2D eigenvalue weighted by Gasteiger charge is 2.25. The van der Waals surface area contributed by atoms with E-state index in [0.717, 1.165) is 19.4 Å². The molecular formula is C22H26N2. The van der Waals surface area contributed by atoms with Gasteiger partial charge in [0.05, 0.1) is 6.04 Å². The van der Waals surface area contributed by atoms with E-state index in [0.29, 0.717) is 5.92 Å². The average molecular weight is 318 g/mol. The van der Waals surface area contributed by atoms with Crippen LogP contribution in [0.3, 0.4) is 0 Å². The first-order valence-corrected chi connectivity index (χ1v) is 9.14. The fourth-order valence-electron chi connectivity index (χ4n) is 3.85. The fourth-order valence-corrected chi connectivity index (χ4v) is 3.85. The number of aromatic nitrogens is 1. The average Bonchev–Trinajstić information content (AvgIpc) is 2.99. The van der Waals surface area contributed by atoms with E-state index < -0.39 is 0 Å². The van der Waals surface area contributed by atoms with Gasteiger partial charge in [-0.2, -0.15) is 0 Å². The van der Waals surface area contributed by atoms with Crippen LogP contribution >= 0.6 is 0 Å². The number of fused-ring (bicyclic) bond motifs is 3. The minimum Gasteiger partial charge on any atom is -0.357 e. The van der Waals surface area contributed by atoms with Crippen LogP contribution in [0.25, 0.3) is 10.9 Å². The number of nitrogens with one attached hydrogen (secondary N) is 2. The van der Waals surface area contributed by atoms with Gasteiger partial charge < -0.3 is 10.3 Å². The molecule has 0 saturated carbocycles. The molecule has 0 aliphatic carbocycles. The van der Waals surface area contributed by atoms with E-state index in [2.05, 4.69) is 73.5 Å². The largest absolute Gasteiger partial charge is 0.357 e. The molecule has 2 nitrogen and oxygen atoms in total. The molecule has 2 N–H and O–H groups in total. The van der Waals surface area contributed by atoms with Gasteiger partial charge in [0.1, 0.15) is 0 Å². The highest BCUT2D eigenvalue weighted by molar-refractivity contribution is 5.86. The smallest absolute Gasteiger partial charge is 0.0732 e. The van der Waals surface area contributed by atoms with Crippen molar-refractivity contribution in [2.75, 3.05) is 6.54 Å². The summed E-state index contributed by atoms with van der Waals surface area (Å²) >= 11 is 0. The molecule has 124 valence electrons. The third kappa shape index (κ3) is 2.55. The quantitative estimate of drug-likeness (QED) is 0.692. The SMILES string of the molecule is CCc1ccc2[nH]c3c(c2c1)CCNC3c1ccc(C(C)C)cc1. The second kappa shape index (κ2) is 6.10. The Balaban J connectivity index is 1.78. The van der Waals surface area contributed by atoms with Crippen molar-refractivity contribution in [3.05, 3.63) is 70.4 Å². The number of hydrogen-bond donors (Lipinski definition) is 2. The van der Waals surface area contributed by atoms with Crippen LogP contribution in [-0.4, -0.2) is 11.5 Å². The molecule has 24 heavy (non-hydrogen) atoms. The van der Waals surface area contributed by atoms with E-state index in [1.54, 1.807) is 0 Å². The van der Waals surface area contributed by atoms with E-state index in [9.17, 15) is 0 Å². The topological polar surface area (TPSA) is 27.8 Å². The van der Waals surface area contributed by atoms with Gasteiger partial charge in [0, 0.05) is 23.1 Å². The number of aromatic amines is 1. The Kier molecular flexibility index (Phi) is 3.93. The van der Waals surface area contributed by atoms with Crippen LogP contribution in [0.2, 0.25) is 0 Å². The molecule has 1 aliphatic rings. The zero-order valence-corrected chi connectivity index (χ0v) is 14.8. The number of rotatable bonds is 3. The summed E-state index contributed by atoms with van der Waals surface area (Å²) in [7, 11) is 0. The Morgan fingerprint density at radius 1 is 1.08 bits per heavy atom. The summed E-state index contributed by atoms with van der Waals surface area (Å²) in [4.78, 5) is 3.69. The lowest BCUT2D eigenvalue weighted by molar-refractivity contribution is 0.560. The summed E-state index contributed by atoms with van der Waals surface area (Å²) in [6, 6.07) is 16.2. The van der Waals surface area contributed by atoms with Crippen molar-refractivity contribution in [1.29, 1.82) is 0 Å². The normalized spacial score (nSPS) is 17.4. The van der Waals surface area contributed by atoms with Crippen LogP contribution in [0, 0.1) is 0 Å². The van der Waals surface area contributed by atoms with E-state index in [4.69, 9.17) is 0 Å². The molecule has 0 fully saturated rings. The summed E-state index contributed by atoms with van der Waals surface area (Å²) in [5.74, 6) is 0.578. The maximum Gasteiger partial charge on any atom is 0.0732 e. The molecule has 4 rings (SSSR count). The highest BCUT2D eigenvalue weighted by atomic mass is 15.0. The maximum atomic E-state index is 3.70. The monoisotopic (exact) mass is 318 g/mol. The molecule has 1 aromatic heterocycles. The minimum atomic E-state index is 0.271. The zero-order chi connectivity index (χ0) is 16.7. The number of H-pyrrole nitrogens is 1. The van der Waals surface area contributed by atoms with Gasteiger partial charge in [-0.15, -0.1) is 0 Å². The van der Waals surface area contributed by atoms with E-state index in [1.165, 1.54) is 38.9 Å². The third-order valence-corrected chi connectivity index (χ3v) is 5.36. The third-order valence-electron chi connectivity index (χ3n) is 5.36. The Morgan fingerprint density at radius 2 is 1.88 bits per heavy atom. The van der Waals surface area contributed by atoms with Gasteiger partial charge in [-0.3, -0.25) is 0 Å². The lowest BCUT2D eigenvalue weighted by Gasteiger charge is -2.25. The standard InChI is InChI=1S/C22H26N2/c1-4-15-5-10-20-19(13-15)18-11-12-23-21(22(18)24-20)17-8-6-16(7-9-17)14(2)3/h5-10,13-14,21,23-24H,4,11-12H2,1-3H3. The van der Waals surface area contributed by atoms with Crippen LogP contribution in [0.5, 0.6) is 0 Å². The Hall–Kier alpha value is -2.06. The van der Waals surface area contributed by atoms with Gasteiger partial charge in [-0.05, 0) is 53.1 Å². The van der Waals surface area contributed by atoms with Crippen LogP contribution in [-0.2, 0) is 12.8 Å². The Bertz CT molecular complexity index is 856. The molecule has 2 heterocycles. The molecule has 1 unspecified atom stereocenters. The van der Waals surface area contributed by atoms with Crippen molar-refractivity contribution in [3.63, 3.8) is 0 Å². The lowest BCUT2D eigenvalue weighted by atomic mass is 9.92. The van der Waals surface area contributed by atoms with Gasteiger partial charge in [-0.1, -0.05) is 51.1 Å². The Morgan fingerprint density at radius 3 is 2.58 bits per heavy atom. The molecule has 1 aliphatic heterocycles. The summed E-state index contributed by atoms with van der Waals surface area (Å²) in [6.07, 6.45) is 2.19. The number of aryl methyl sites for hydroxylation is 1. The number of hydrogen-bond acceptors (Lipinski definition) is 1. The molecule has 2 aromatic carbocycles. The summed E-state index contributed by atoms with van der Waals surface area (Å²) < 4.78 is 0. The van der Waals surface area contributed by atoms with Crippen LogP contribution < -0.4 is 5.32 Å². The molecule has 1 atom stereocenters. The van der Waals surface area contributed by atoms with Crippen molar-refractivity contribution < 1.29 is 0 Å². The van der Waals surface area contributed by atoms with Gasteiger partial charge in [0.15, 0.2) is 0 Å².